The van der Waals surface area contributed by atoms with E-state index in [-0.39, 0.29) is 40.6 Å². The van der Waals surface area contributed by atoms with Crippen molar-refractivity contribution in [2.75, 3.05) is 33.8 Å². The van der Waals surface area contributed by atoms with E-state index in [1.807, 2.05) is 7.05 Å². The number of carbonyl (C=O) groups excluding carboxylic acids is 6. The lowest BCUT2D eigenvalue weighted by atomic mass is 9.79. The van der Waals surface area contributed by atoms with Crippen LogP contribution in [0, 0.1) is 42.4 Å². The third-order valence-electron chi connectivity index (χ3n) is 12.9. The van der Waals surface area contributed by atoms with Crippen molar-refractivity contribution in [3.8, 4) is 11.5 Å². The van der Waals surface area contributed by atoms with E-state index in [0.717, 1.165) is 25.5 Å². The highest BCUT2D eigenvalue weighted by molar-refractivity contribution is 6.32. The van der Waals surface area contributed by atoms with E-state index in [4.69, 9.17) is 18.9 Å². The van der Waals surface area contributed by atoms with Gasteiger partial charge in [-0.3, -0.25) is 28.8 Å². The lowest BCUT2D eigenvalue weighted by Crippen LogP contribution is -2.46. The van der Waals surface area contributed by atoms with Crippen LogP contribution in [0.2, 0.25) is 0 Å². The average molecular weight is 836 g/mol. The summed E-state index contributed by atoms with van der Waals surface area (Å²) in [6, 6.07) is 0. The molecular weight excluding hydrogens is 778 g/mol. The standard InChI is InChI=1S/C44H57N3O13/c1-19-15-28(49)26-16-27(26)36(51)21(3)35(50)22(4)40(59-24(6)48)20(2)29(57-9)12-14-58-44(7)42(55)32-30-31(37(52)23(5)41(32)60-44)39(54)34(46-43(19)56)33(38(30)53)45-17-25-11-10-13-47(8)18-25/h12,14-15,20-22,25-27,29,35-36,40,45,50-52H,10-11,13,16-18H2,1-9H3,(H,46,56)/b14-12+,19-15-/t20-,21+,22-,25?,26-,27+,29+,35-,36-,40-,44+/m1/s1. The van der Waals surface area contributed by atoms with Gasteiger partial charge in [-0.2, -0.15) is 0 Å². The Morgan fingerprint density at radius 3 is 2.37 bits per heavy atom. The van der Waals surface area contributed by atoms with Crippen molar-refractivity contribution in [2.45, 2.75) is 97.9 Å². The molecule has 60 heavy (non-hydrogen) atoms. The van der Waals surface area contributed by atoms with Crippen LogP contribution >= 0.6 is 0 Å². The molecule has 5 N–H and O–H groups in total. The lowest BCUT2D eigenvalue weighted by molar-refractivity contribution is -0.160. The van der Waals surface area contributed by atoms with Gasteiger partial charge in [0.15, 0.2) is 5.78 Å². The number of phenols is 1. The second kappa shape index (κ2) is 17.2. The highest BCUT2D eigenvalue weighted by atomic mass is 16.7. The van der Waals surface area contributed by atoms with Crippen LogP contribution in [0.1, 0.15) is 97.4 Å². The van der Waals surface area contributed by atoms with Crippen LogP contribution in [0.5, 0.6) is 11.5 Å². The molecule has 7 rings (SSSR count). The molecule has 1 saturated carbocycles. The largest absolute Gasteiger partial charge is 0.507 e. The number of benzene rings is 1. The minimum atomic E-state index is -2.10. The number of aliphatic hydroxyl groups excluding tert-OH is 2. The van der Waals surface area contributed by atoms with Crippen LogP contribution in [-0.2, 0) is 28.6 Å². The van der Waals surface area contributed by atoms with Crippen LogP contribution in [0.3, 0.4) is 0 Å². The smallest absolute Gasteiger partial charge is 0.312 e. The number of nitrogens with zero attached hydrogens (tertiary/aromatic N) is 1. The van der Waals surface area contributed by atoms with E-state index < -0.39 is 117 Å². The molecule has 1 saturated heterocycles. The molecule has 326 valence electrons. The number of hydrogen-bond donors (Lipinski definition) is 5. The van der Waals surface area contributed by atoms with Gasteiger partial charge in [0, 0.05) is 68.9 Å². The Morgan fingerprint density at radius 2 is 1.72 bits per heavy atom. The van der Waals surface area contributed by atoms with Gasteiger partial charge in [0.05, 0.1) is 41.3 Å². The molecule has 16 nitrogen and oxygen atoms in total. The first-order valence-corrected chi connectivity index (χ1v) is 20.6. The SMILES string of the molecule is CO[C@H]1/C=C/O[C@@]2(C)Oc3c(C)c(O)c4c(c3C2=O)C(=O)C(NCC2CCCN(C)C2)=C(NC(=O)/C(C)=C\C(=O)[C@@H]2C[C@@H]2[C@H](O)[C@@H](C)[C@@H](O)[C@@H](C)[C@H](OC(C)=O)[C@@H]1C)C4=O. The van der Waals surface area contributed by atoms with Gasteiger partial charge in [0.1, 0.15) is 29.0 Å². The minimum absolute atomic E-state index is 0.0235. The van der Waals surface area contributed by atoms with Gasteiger partial charge < -0.3 is 49.8 Å². The van der Waals surface area contributed by atoms with Gasteiger partial charge >= 0.3 is 11.8 Å². The summed E-state index contributed by atoms with van der Waals surface area (Å²) < 4.78 is 23.5. The van der Waals surface area contributed by atoms with E-state index in [9.17, 15) is 44.1 Å². The number of ether oxygens (including phenoxy) is 4. The Morgan fingerprint density at radius 1 is 1.02 bits per heavy atom. The molecule has 6 aliphatic rings. The fourth-order valence-electron chi connectivity index (χ4n) is 9.20. The molecule has 4 aliphatic heterocycles. The van der Waals surface area contributed by atoms with Crippen molar-refractivity contribution in [2.24, 2.45) is 35.5 Å². The summed E-state index contributed by atoms with van der Waals surface area (Å²) in [5.41, 5.74) is -2.05. The van der Waals surface area contributed by atoms with Gasteiger partial charge in [-0.25, -0.2) is 0 Å². The Balaban J connectivity index is 1.45. The summed E-state index contributed by atoms with van der Waals surface area (Å²) in [5, 5.41) is 40.1. The predicted octanol–water partition coefficient (Wildman–Crippen LogP) is 2.90. The molecule has 2 fully saturated rings. The van der Waals surface area contributed by atoms with E-state index in [2.05, 4.69) is 15.5 Å². The predicted molar refractivity (Wildman–Crippen MR) is 215 cm³/mol. The molecule has 0 spiro atoms. The zero-order valence-electron chi connectivity index (χ0n) is 35.6. The number of allylic oxidation sites excluding steroid dienone is 3. The molecule has 2 aliphatic carbocycles. The zero-order valence-corrected chi connectivity index (χ0v) is 35.6. The van der Waals surface area contributed by atoms with E-state index >= 15 is 0 Å². The number of nitrogens with one attached hydrogen (secondary N) is 2. The van der Waals surface area contributed by atoms with Gasteiger partial charge in [-0.1, -0.05) is 20.8 Å². The zero-order chi connectivity index (χ0) is 44.1. The number of fused-ring (bicyclic) bond motifs is 12. The first kappa shape index (κ1) is 44.6. The van der Waals surface area contributed by atoms with Gasteiger partial charge in [-0.05, 0) is 70.7 Å². The summed E-state index contributed by atoms with van der Waals surface area (Å²) in [6.45, 7) is 12.2. The number of aromatic hydroxyl groups is 1. The summed E-state index contributed by atoms with van der Waals surface area (Å²) in [6.07, 6.45) is 1.68. The van der Waals surface area contributed by atoms with Crippen molar-refractivity contribution in [1.82, 2.24) is 15.5 Å². The van der Waals surface area contributed by atoms with Crippen LogP contribution in [0.4, 0.5) is 0 Å². The summed E-state index contributed by atoms with van der Waals surface area (Å²) in [5.74, 6) is -10.7. The Kier molecular flexibility index (Phi) is 12.8. The van der Waals surface area contributed by atoms with Crippen LogP contribution in [-0.4, -0.2) is 119 Å². The number of phenolic OH excluding ortho intramolecular Hbond substituents is 1. The molecule has 11 atom stereocenters. The Bertz CT molecular complexity index is 2070. The van der Waals surface area contributed by atoms with E-state index in [0.29, 0.717) is 13.0 Å². The maximum Gasteiger partial charge on any atom is 0.312 e. The van der Waals surface area contributed by atoms with Crippen molar-refractivity contribution in [3.63, 3.8) is 0 Å². The topological polar surface area (TPSA) is 227 Å². The number of carbonyl (C=O) groups is 6. The van der Waals surface area contributed by atoms with Gasteiger partial charge in [0.2, 0.25) is 11.6 Å². The molecule has 1 unspecified atom stereocenters. The third kappa shape index (κ3) is 8.26. The van der Waals surface area contributed by atoms with Crippen LogP contribution in [0.15, 0.2) is 35.4 Å². The first-order valence-electron chi connectivity index (χ1n) is 20.6. The lowest BCUT2D eigenvalue weighted by Gasteiger charge is -2.37. The van der Waals surface area contributed by atoms with E-state index in [1.165, 1.54) is 47.1 Å². The number of hydrogen-bond acceptors (Lipinski definition) is 15. The average Bonchev–Trinajstić information content (AvgIpc) is 3.96. The summed E-state index contributed by atoms with van der Waals surface area (Å²) in [7, 11) is 3.39. The van der Waals surface area contributed by atoms with Gasteiger partial charge in [0.25, 0.3) is 11.7 Å². The second-order valence-corrected chi connectivity index (χ2v) is 17.3. The number of likely N-dealkylation sites (tertiary alicyclic amines) is 1. The highest BCUT2D eigenvalue weighted by Crippen LogP contribution is 2.49. The van der Waals surface area contributed by atoms with Crippen LogP contribution < -0.4 is 15.4 Å². The molecule has 1 amide bonds. The van der Waals surface area contributed by atoms with Crippen molar-refractivity contribution in [3.05, 3.63) is 57.6 Å². The highest BCUT2D eigenvalue weighted by Gasteiger charge is 2.53. The summed E-state index contributed by atoms with van der Waals surface area (Å²) >= 11 is 0. The molecule has 1 aromatic rings. The monoisotopic (exact) mass is 835 g/mol. The Hall–Kier alpha value is -4.90. The number of methoxy groups -OCH3 is 1. The summed E-state index contributed by atoms with van der Waals surface area (Å²) in [4.78, 5) is 85.4. The molecule has 1 aromatic carbocycles. The van der Waals surface area contributed by atoms with Gasteiger partial charge in [-0.15, -0.1) is 0 Å². The number of aliphatic hydroxyl groups is 2. The first-order chi connectivity index (χ1) is 28.2. The van der Waals surface area contributed by atoms with Crippen molar-refractivity contribution < 1.29 is 63.0 Å². The number of Topliss-reactive ketones (excluding diaryl/α,β-unsaturated/α-hetero) is 3. The minimum Gasteiger partial charge on any atom is -0.507 e. The molecular formula is C44H57N3O13. The van der Waals surface area contributed by atoms with E-state index in [1.54, 1.807) is 20.8 Å². The maximum absolute atomic E-state index is 14.7. The number of rotatable bonds is 5. The molecule has 5 bridgehead atoms. The normalized spacial score (nSPS) is 35.5. The molecule has 4 heterocycles. The molecule has 0 radical (unpaired) electrons. The molecule has 0 aromatic heterocycles. The number of piperidine rings is 1. The Labute approximate surface area is 349 Å². The number of ketones is 4. The van der Waals surface area contributed by atoms with Crippen molar-refractivity contribution in [1.29, 1.82) is 0 Å². The third-order valence-corrected chi connectivity index (χ3v) is 12.9. The second-order valence-electron chi connectivity index (χ2n) is 17.3. The number of amides is 1. The fourth-order valence-corrected chi connectivity index (χ4v) is 9.20. The number of esters is 1. The maximum atomic E-state index is 14.7. The molecule has 16 heteroatoms. The fraction of sp³-hybridized carbons (Fsp3) is 0.591. The quantitative estimate of drug-likeness (QED) is 0.269. The van der Waals surface area contributed by atoms with Crippen molar-refractivity contribution >= 4 is 35.0 Å². The van der Waals surface area contributed by atoms with Crippen LogP contribution in [0.25, 0.3) is 0 Å².